The van der Waals surface area contributed by atoms with Crippen molar-refractivity contribution in [3.8, 4) is 0 Å². The van der Waals surface area contributed by atoms with E-state index in [1.165, 1.54) is 0 Å². The first-order valence-electron chi connectivity index (χ1n) is 7.58. The van der Waals surface area contributed by atoms with E-state index < -0.39 is 0 Å². The minimum absolute atomic E-state index is 0.0116. The number of hydrogen-bond acceptors (Lipinski definition) is 3. The van der Waals surface area contributed by atoms with Gasteiger partial charge in [0, 0.05) is 51.3 Å². The number of amides is 1. The van der Waals surface area contributed by atoms with Crippen LogP contribution in [0.25, 0.3) is 5.57 Å². The summed E-state index contributed by atoms with van der Waals surface area (Å²) in [5, 5.41) is 0. The van der Waals surface area contributed by atoms with E-state index in [4.69, 9.17) is 0 Å². The van der Waals surface area contributed by atoms with Gasteiger partial charge in [0.2, 0.25) is 0 Å². The van der Waals surface area contributed by atoms with Crippen molar-refractivity contribution in [3.63, 3.8) is 0 Å². The number of carbonyl (C=O) groups is 1. The van der Waals surface area contributed by atoms with Gasteiger partial charge in [-0.3, -0.25) is 9.69 Å². The predicted molar refractivity (Wildman–Crippen MR) is 96.0 cm³/mol. The third-order valence-electron chi connectivity index (χ3n) is 3.88. The third-order valence-corrected chi connectivity index (χ3v) is 3.88. The SMILES string of the molecule is CN(C)C=C1C(=O)N(c2ccc(N(C)C)cc2)c2ccccc21. The summed E-state index contributed by atoms with van der Waals surface area (Å²) in [7, 11) is 7.86. The summed E-state index contributed by atoms with van der Waals surface area (Å²) in [5.41, 5.74) is 4.63. The summed E-state index contributed by atoms with van der Waals surface area (Å²) < 4.78 is 0. The van der Waals surface area contributed by atoms with Gasteiger partial charge in [-0.2, -0.15) is 0 Å². The van der Waals surface area contributed by atoms with E-state index in [-0.39, 0.29) is 5.91 Å². The van der Waals surface area contributed by atoms with Crippen LogP contribution in [-0.4, -0.2) is 39.0 Å². The van der Waals surface area contributed by atoms with E-state index in [2.05, 4.69) is 0 Å². The highest BCUT2D eigenvalue weighted by molar-refractivity contribution is 6.34. The molecule has 0 unspecified atom stereocenters. The van der Waals surface area contributed by atoms with E-state index in [1.54, 1.807) is 4.90 Å². The molecule has 0 N–H and O–H groups in total. The van der Waals surface area contributed by atoms with Gasteiger partial charge in [0.15, 0.2) is 0 Å². The monoisotopic (exact) mass is 307 g/mol. The average Bonchev–Trinajstić information content (AvgIpc) is 2.80. The molecule has 0 spiro atoms. The van der Waals surface area contributed by atoms with Crippen LogP contribution in [0.5, 0.6) is 0 Å². The zero-order valence-electron chi connectivity index (χ0n) is 13.9. The van der Waals surface area contributed by atoms with E-state index in [0.29, 0.717) is 0 Å². The van der Waals surface area contributed by atoms with Gasteiger partial charge in [-0.1, -0.05) is 18.2 Å². The molecular formula is C19H21N3O. The summed E-state index contributed by atoms with van der Waals surface area (Å²) >= 11 is 0. The molecule has 0 saturated heterocycles. The predicted octanol–water partition coefficient (Wildman–Crippen LogP) is 3.33. The number of fused-ring (bicyclic) bond motifs is 1. The molecule has 0 aliphatic carbocycles. The zero-order chi connectivity index (χ0) is 16.6. The van der Waals surface area contributed by atoms with Crippen LogP contribution in [0.2, 0.25) is 0 Å². The Labute approximate surface area is 137 Å². The Morgan fingerprint density at radius 3 is 2.17 bits per heavy atom. The summed E-state index contributed by atoms with van der Waals surface area (Å²) in [6, 6.07) is 15.9. The van der Waals surface area contributed by atoms with Crippen LogP contribution in [0.15, 0.2) is 54.7 Å². The zero-order valence-corrected chi connectivity index (χ0v) is 13.9. The van der Waals surface area contributed by atoms with Crippen LogP contribution >= 0.6 is 0 Å². The normalized spacial score (nSPS) is 15.0. The van der Waals surface area contributed by atoms with Gasteiger partial charge in [-0.15, -0.1) is 0 Å². The van der Waals surface area contributed by atoms with Gasteiger partial charge < -0.3 is 9.80 Å². The number of benzene rings is 2. The molecule has 0 fully saturated rings. The fourth-order valence-corrected chi connectivity index (χ4v) is 2.78. The van der Waals surface area contributed by atoms with Crippen molar-refractivity contribution in [3.05, 3.63) is 60.3 Å². The Morgan fingerprint density at radius 2 is 1.57 bits per heavy atom. The first-order valence-corrected chi connectivity index (χ1v) is 7.58. The lowest BCUT2D eigenvalue weighted by Gasteiger charge is -2.19. The summed E-state index contributed by atoms with van der Waals surface area (Å²) in [6.07, 6.45) is 1.88. The number of nitrogens with zero attached hydrogens (tertiary/aromatic N) is 3. The van der Waals surface area contributed by atoms with Gasteiger partial charge in [-0.25, -0.2) is 0 Å². The minimum Gasteiger partial charge on any atom is -0.383 e. The van der Waals surface area contributed by atoms with Crippen LogP contribution < -0.4 is 9.80 Å². The van der Waals surface area contributed by atoms with E-state index in [0.717, 1.165) is 28.2 Å². The lowest BCUT2D eigenvalue weighted by Crippen LogP contribution is -2.21. The molecule has 3 rings (SSSR count). The van der Waals surface area contributed by atoms with Crippen LogP contribution in [0.1, 0.15) is 5.56 Å². The molecule has 4 nitrogen and oxygen atoms in total. The molecule has 2 aromatic carbocycles. The van der Waals surface area contributed by atoms with Crippen molar-refractivity contribution in [2.75, 3.05) is 38.0 Å². The van der Waals surface area contributed by atoms with E-state index in [9.17, 15) is 4.79 Å². The molecule has 1 amide bonds. The first-order chi connectivity index (χ1) is 11.0. The molecule has 4 heteroatoms. The molecule has 0 saturated carbocycles. The lowest BCUT2D eigenvalue weighted by molar-refractivity contribution is -0.112. The molecule has 118 valence electrons. The van der Waals surface area contributed by atoms with Crippen LogP contribution in [-0.2, 0) is 4.79 Å². The fraction of sp³-hybridized carbons (Fsp3) is 0.211. The topological polar surface area (TPSA) is 26.8 Å². The molecule has 1 aliphatic heterocycles. The molecule has 1 aliphatic rings. The molecule has 0 radical (unpaired) electrons. The van der Waals surface area contributed by atoms with Crippen molar-refractivity contribution >= 4 is 28.5 Å². The van der Waals surface area contributed by atoms with Crippen LogP contribution in [0, 0.1) is 0 Å². The van der Waals surface area contributed by atoms with Crippen LogP contribution in [0.3, 0.4) is 0 Å². The molecule has 0 atom stereocenters. The van der Waals surface area contributed by atoms with Gasteiger partial charge in [0.05, 0.1) is 11.3 Å². The van der Waals surface area contributed by atoms with Gasteiger partial charge in [0.25, 0.3) is 5.91 Å². The fourth-order valence-electron chi connectivity index (χ4n) is 2.78. The molecular weight excluding hydrogens is 286 g/mol. The van der Waals surface area contributed by atoms with Gasteiger partial charge in [0.1, 0.15) is 0 Å². The maximum Gasteiger partial charge on any atom is 0.265 e. The highest BCUT2D eigenvalue weighted by atomic mass is 16.2. The number of para-hydroxylation sites is 1. The number of rotatable bonds is 3. The van der Waals surface area contributed by atoms with Crippen molar-refractivity contribution in [2.24, 2.45) is 0 Å². The van der Waals surface area contributed by atoms with Gasteiger partial charge >= 0.3 is 0 Å². The molecule has 23 heavy (non-hydrogen) atoms. The van der Waals surface area contributed by atoms with Gasteiger partial charge in [-0.05, 0) is 30.3 Å². The second kappa shape index (κ2) is 5.80. The summed E-state index contributed by atoms with van der Waals surface area (Å²) in [4.78, 5) is 18.7. The minimum atomic E-state index is 0.0116. The highest BCUT2D eigenvalue weighted by Crippen LogP contribution is 2.41. The maximum atomic E-state index is 12.9. The molecule has 0 bridgehead atoms. The largest absolute Gasteiger partial charge is 0.383 e. The summed E-state index contributed by atoms with van der Waals surface area (Å²) in [6.45, 7) is 0. The number of anilines is 3. The standard InChI is InChI=1S/C19H21N3O/c1-20(2)13-17-16-7-5-6-8-18(16)22(19(17)23)15-11-9-14(10-12-15)21(3)4/h5-13H,1-4H3. The van der Waals surface area contributed by atoms with Crippen molar-refractivity contribution < 1.29 is 4.79 Å². The van der Waals surface area contributed by atoms with Crippen molar-refractivity contribution in [1.29, 1.82) is 0 Å². The van der Waals surface area contributed by atoms with E-state index >= 15 is 0 Å². The van der Waals surface area contributed by atoms with Crippen molar-refractivity contribution in [2.45, 2.75) is 0 Å². The Balaban J connectivity index is 2.08. The van der Waals surface area contributed by atoms with Crippen molar-refractivity contribution in [1.82, 2.24) is 4.90 Å². The third kappa shape index (κ3) is 2.68. The Bertz CT molecular complexity index is 760. The second-order valence-electron chi connectivity index (χ2n) is 6.07. The highest BCUT2D eigenvalue weighted by Gasteiger charge is 2.33. The second-order valence-corrected chi connectivity index (χ2v) is 6.07. The lowest BCUT2D eigenvalue weighted by atomic mass is 10.1. The average molecular weight is 307 g/mol. The molecule has 2 aromatic rings. The Kier molecular flexibility index (Phi) is 3.82. The first kappa shape index (κ1) is 15.2. The number of hydrogen-bond donors (Lipinski definition) is 0. The van der Waals surface area contributed by atoms with Crippen LogP contribution in [0.4, 0.5) is 17.1 Å². The molecule has 0 aromatic heterocycles. The maximum absolute atomic E-state index is 12.9. The van der Waals surface area contributed by atoms with E-state index in [1.807, 2.05) is 92.7 Å². The smallest absolute Gasteiger partial charge is 0.265 e. The summed E-state index contributed by atoms with van der Waals surface area (Å²) in [5.74, 6) is 0.0116. The Hall–Kier alpha value is -2.75. The quantitative estimate of drug-likeness (QED) is 0.814. The Morgan fingerprint density at radius 1 is 0.913 bits per heavy atom. The molecule has 1 heterocycles. The number of carbonyl (C=O) groups excluding carboxylic acids is 1.